The summed E-state index contributed by atoms with van der Waals surface area (Å²) in [4.78, 5) is 0.627. The number of rotatable bonds is 6. The van der Waals surface area contributed by atoms with E-state index in [1.807, 2.05) is 0 Å². The molecule has 1 aromatic rings. The molecule has 4 N–H and O–H groups in total. The Morgan fingerprint density at radius 1 is 1.53 bits per heavy atom. The fraction of sp³-hybridized carbons (Fsp3) is 0.455. The summed E-state index contributed by atoms with van der Waals surface area (Å²) in [5, 5.41) is 17.9. The molecule has 0 aliphatic rings. The van der Waals surface area contributed by atoms with E-state index >= 15 is 0 Å². The van der Waals surface area contributed by atoms with E-state index in [2.05, 4.69) is 0 Å². The van der Waals surface area contributed by atoms with Gasteiger partial charge in [-0.05, 0) is 13.0 Å². The van der Waals surface area contributed by atoms with Gasteiger partial charge in [0.15, 0.2) is 11.6 Å². The second kappa shape index (κ2) is 6.68. The van der Waals surface area contributed by atoms with E-state index in [1.165, 1.54) is 23.9 Å². The second-order valence-corrected chi connectivity index (χ2v) is 4.46. The van der Waals surface area contributed by atoms with Gasteiger partial charge >= 0.3 is 0 Å². The van der Waals surface area contributed by atoms with Crippen LogP contribution in [0.4, 0.5) is 10.1 Å². The number of anilines is 1. The highest BCUT2D eigenvalue weighted by Crippen LogP contribution is 2.31. The first-order valence-corrected chi connectivity index (χ1v) is 6.20. The van der Waals surface area contributed by atoms with Crippen molar-refractivity contribution in [3.63, 3.8) is 0 Å². The molecule has 96 valence electrons. The predicted octanol–water partition coefficient (Wildman–Crippen LogP) is 1.25. The Kier molecular flexibility index (Phi) is 5.54. The number of halogens is 1. The van der Waals surface area contributed by atoms with Crippen LogP contribution in [0.1, 0.15) is 6.92 Å². The molecule has 0 aromatic heterocycles. The van der Waals surface area contributed by atoms with Crippen LogP contribution in [0.15, 0.2) is 17.0 Å². The van der Waals surface area contributed by atoms with Crippen LogP contribution < -0.4 is 10.5 Å². The van der Waals surface area contributed by atoms with Crippen molar-refractivity contribution in [2.75, 3.05) is 24.7 Å². The van der Waals surface area contributed by atoms with Gasteiger partial charge in [-0.1, -0.05) is 0 Å². The van der Waals surface area contributed by atoms with Gasteiger partial charge in [-0.3, -0.25) is 0 Å². The zero-order valence-corrected chi connectivity index (χ0v) is 10.3. The van der Waals surface area contributed by atoms with Gasteiger partial charge in [0.2, 0.25) is 0 Å². The van der Waals surface area contributed by atoms with Crippen molar-refractivity contribution in [2.24, 2.45) is 0 Å². The lowest BCUT2D eigenvalue weighted by Crippen LogP contribution is -2.14. The van der Waals surface area contributed by atoms with Gasteiger partial charge in [0.05, 0.1) is 19.3 Å². The number of aliphatic hydroxyl groups is 2. The lowest BCUT2D eigenvalue weighted by molar-refractivity contribution is 0.113. The lowest BCUT2D eigenvalue weighted by atomic mass is 10.3. The van der Waals surface area contributed by atoms with Crippen LogP contribution >= 0.6 is 11.8 Å². The first-order valence-electron chi connectivity index (χ1n) is 5.22. The molecule has 6 heteroatoms. The Bertz CT molecular complexity index is 376. The Balaban J connectivity index is 2.80. The van der Waals surface area contributed by atoms with Crippen LogP contribution in [0, 0.1) is 5.82 Å². The molecule has 0 aliphatic heterocycles. The lowest BCUT2D eigenvalue weighted by Gasteiger charge is -2.11. The van der Waals surface area contributed by atoms with Crippen molar-refractivity contribution < 1.29 is 19.3 Å². The van der Waals surface area contributed by atoms with Gasteiger partial charge in [0, 0.05) is 22.4 Å². The summed E-state index contributed by atoms with van der Waals surface area (Å²) in [5.41, 5.74) is 5.95. The molecule has 0 heterocycles. The molecule has 0 amide bonds. The van der Waals surface area contributed by atoms with Crippen LogP contribution in [0.2, 0.25) is 0 Å². The van der Waals surface area contributed by atoms with Crippen LogP contribution in [0.3, 0.4) is 0 Å². The summed E-state index contributed by atoms with van der Waals surface area (Å²) in [7, 11) is 0. The van der Waals surface area contributed by atoms with E-state index < -0.39 is 11.9 Å². The van der Waals surface area contributed by atoms with Gasteiger partial charge in [-0.15, -0.1) is 11.8 Å². The van der Waals surface area contributed by atoms with Crippen molar-refractivity contribution in [3.05, 3.63) is 17.9 Å². The molecule has 1 aromatic carbocycles. The number of nitrogens with two attached hydrogens (primary N) is 1. The summed E-state index contributed by atoms with van der Waals surface area (Å²) >= 11 is 1.25. The van der Waals surface area contributed by atoms with Crippen molar-refractivity contribution in [3.8, 4) is 5.75 Å². The number of hydrogen-bond acceptors (Lipinski definition) is 5. The fourth-order valence-electron chi connectivity index (χ4n) is 1.18. The summed E-state index contributed by atoms with van der Waals surface area (Å²) in [5.74, 6) is -0.0724. The minimum absolute atomic E-state index is 0.141. The maximum atomic E-state index is 13.4. The van der Waals surface area contributed by atoms with Gasteiger partial charge < -0.3 is 20.7 Å². The molecule has 1 rings (SSSR count). The molecule has 0 fully saturated rings. The highest BCUT2D eigenvalue weighted by atomic mass is 32.2. The maximum Gasteiger partial charge on any atom is 0.167 e. The Morgan fingerprint density at radius 2 is 2.24 bits per heavy atom. The third kappa shape index (κ3) is 4.07. The fourth-order valence-corrected chi connectivity index (χ4v) is 2.07. The normalized spacial score (nSPS) is 12.5. The molecule has 1 atom stereocenters. The van der Waals surface area contributed by atoms with Crippen molar-refractivity contribution >= 4 is 17.4 Å². The first kappa shape index (κ1) is 14.1. The van der Waals surface area contributed by atoms with Crippen LogP contribution in [-0.2, 0) is 0 Å². The van der Waals surface area contributed by atoms with Gasteiger partial charge in [-0.2, -0.15) is 0 Å². The smallest absolute Gasteiger partial charge is 0.167 e. The summed E-state index contributed by atoms with van der Waals surface area (Å²) in [6.07, 6.45) is -0.819. The number of thioether (sulfide) groups is 1. The molecule has 0 saturated heterocycles. The van der Waals surface area contributed by atoms with E-state index in [1.54, 1.807) is 6.92 Å². The van der Waals surface area contributed by atoms with Gasteiger partial charge in [0.25, 0.3) is 0 Å². The van der Waals surface area contributed by atoms with Crippen molar-refractivity contribution in [1.29, 1.82) is 0 Å². The first-order chi connectivity index (χ1) is 8.08. The van der Waals surface area contributed by atoms with Crippen molar-refractivity contribution in [2.45, 2.75) is 17.9 Å². The third-order valence-corrected chi connectivity index (χ3v) is 3.22. The molecule has 0 bridgehead atoms. The van der Waals surface area contributed by atoms with E-state index in [0.29, 0.717) is 17.2 Å². The van der Waals surface area contributed by atoms with E-state index in [4.69, 9.17) is 15.6 Å². The zero-order chi connectivity index (χ0) is 12.8. The molecular weight excluding hydrogens is 245 g/mol. The van der Waals surface area contributed by atoms with Gasteiger partial charge in [-0.25, -0.2) is 4.39 Å². The molecule has 0 spiro atoms. The minimum atomic E-state index is -0.819. The average Bonchev–Trinajstić information content (AvgIpc) is 2.30. The Labute approximate surface area is 104 Å². The molecule has 1 unspecified atom stereocenters. The average molecular weight is 261 g/mol. The quantitative estimate of drug-likeness (QED) is 0.531. The molecule has 17 heavy (non-hydrogen) atoms. The van der Waals surface area contributed by atoms with Crippen LogP contribution in [-0.4, -0.2) is 35.3 Å². The highest BCUT2D eigenvalue weighted by Gasteiger charge is 2.11. The number of benzene rings is 1. The van der Waals surface area contributed by atoms with Crippen LogP contribution in [0.25, 0.3) is 0 Å². The molecule has 0 aliphatic carbocycles. The Morgan fingerprint density at radius 3 is 2.82 bits per heavy atom. The third-order valence-electron chi connectivity index (χ3n) is 2.01. The summed E-state index contributed by atoms with van der Waals surface area (Å²) in [6.45, 7) is 1.81. The zero-order valence-electron chi connectivity index (χ0n) is 9.52. The number of hydrogen-bond donors (Lipinski definition) is 3. The summed E-state index contributed by atoms with van der Waals surface area (Å²) in [6, 6.07) is 2.70. The van der Waals surface area contributed by atoms with Crippen LogP contribution in [0.5, 0.6) is 5.75 Å². The van der Waals surface area contributed by atoms with Gasteiger partial charge in [0.1, 0.15) is 0 Å². The Hall–Kier alpha value is -0.980. The summed E-state index contributed by atoms with van der Waals surface area (Å²) < 4.78 is 18.5. The van der Waals surface area contributed by atoms with Crippen molar-refractivity contribution in [1.82, 2.24) is 0 Å². The number of aliphatic hydroxyl groups excluding tert-OH is 2. The highest BCUT2D eigenvalue weighted by molar-refractivity contribution is 7.99. The standard InChI is InChI=1S/C11H16FNO3S/c1-2-16-10-4-11(9(13)3-8(10)12)17-6-7(15)5-14/h3-4,7,14-15H,2,5-6,13H2,1H3. The predicted molar refractivity (Wildman–Crippen MR) is 65.8 cm³/mol. The van der Waals surface area contributed by atoms with E-state index in [-0.39, 0.29) is 18.1 Å². The SMILES string of the molecule is CCOc1cc(SCC(O)CO)c(N)cc1F. The van der Waals surface area contributed by atoms with E-state index in [9.17, 15) is 9.50 Å². The number of ether oxygens (including phenoxy) is 1. The second-order valence-electron chi connectivity index (χ2n) is 3.40. The minimum Gasteiger partial charge on any atom is -0.491 e. The maximum absolute atomic E-state index is 13.4. The number of nitrogen functional groups attached to an aromatic ring is 1. The molecule has 4 nitrogen and oxygen atoms in total. The van der Waals surface area contributed by atoms with E-state index in [0.717, 1.165) is 0 Å². The molecule has 0 saturated carbocycles. The largest absolute Gasteiger partial charge is 0.491 e. The monoisotopic (exact) mass is 261 g/mol. The molecular formula is C11H16FNO3S. The topological polar surface area (TPSA) is 75.7 Å². The molecule has 0 radical (unpaired) electrons.